The van der Waals surface area contributed by atoms with Crippen LogP contribution in [-0.4, -0.2) is 0 Å². The van der Waals surface area contributed by atoms with E-state index in [9.17, 15) is 0 Å². The minimum absolute atomic E-state index is 0.778. The maximum atomic E-state index is 2.36. The highest BCUT2D eigenvalue weighted by molar-refractivity contribution is 5.00. The zero-order chi connectivity index (χ0) is 20.4. The second-order valence-electron chi connectivity index (χ2n) is 11.8. The van der Waals surface area contributed by atoms with E-state index < -0.39 is 0 Å². The van der Waals surface area contributed by atoms with Crippen molar-refractivity contribution < 1.29 is 0 Å². The van der Waals surface area contributed by atoms with E-state index in [1.807, 2.05) is 0 Å². The SMILES string of the molecule is CC(C)CCCCCCCCCCC(C1CCCC1)(C1CCCC1)C1CCCC1. The van der Waals surface area contributed by atoms with Gasteiger partial charge in [-0.25, -0.2) is 0 Å². The van der Waals surface area contributed by atoms with Gasteiger partial charge in [0.05, 0.1) is 0 Å². The zero-order valence-corrected chi connectivity index (χ0v) is 20.4. The molecule has 0 aromatic carbocycles. The van der Waals surface area contributed by atoms with Crippen LogP contribution in [0.1, 0.15) is 155 Å². The van der Waals surface area contributed by atoms with E-state index in [1.165, 1.54) is 51.4 Å². The van der Waals surface area contributed by atoms with Crippen molar-refractivity contribution in [1.82, 2.24) is 0 Å². The quantitative estimate of drug-likeness (QED) is 0.253. The average molecular weight is 403 g/mol. The van der Waals surface area contributed by atoms with Crippen LogP contribution in [0.4, 0.5) is 0 Å². The highest BCUT2D eigenvalue weighted by atomic mass is 14.6. The second kappa shape index (κ2) is 12.8. The molecule has 0 unspecified atom stereocenters. The normalized spacial score (nSPS) is 22.4. The van der Waals surface area contributed by atoms with E-state index in [0.29, 0.717) is 0 Å². The van der Waals surface area contributed by atoms with Crippen LogP contribution in [0.25, 0.3) is 0 Å². The van der Waals surface area contributed by atoms with Gasteiger partial charge < -0.3 is 0 Å². The van der Waals surface area contributed by atoms with Crippen LogP contribution in [0.2, 0.25) is 0 Å². The zero-order valence-electron chi connectivity index (χ0n) is 20.4. The molecule has 0 heteroatoms. The summed E-state index contributed by atoms with van der Waals surface area (Å²) in [6, 6.07) is 0. The van der Waals surface area contributed by atoms with Gasteiger partial charge in [-0.05, 0) is 74.0 Å². The lowest BCUT2D eigenvalue weighted by Gasteiger charge is -2.49. The Kier molecular flexibility index (Phi) is 10.4. The maximum absolute atomic E-state index is 2.36. The number of rotatable bonds is 14. The third-order valence-electron chi connectivity index (χ3n) is 9.49. The first kappa shape index (κ1) is 23.7. The molecule has 0 aromatic heterocycles. The van der Waals surface area contributed by atoms with Gasteiger partial charge in [0.2, 0.25) is 0 Å². The van der Waals surface area contributed by atoms with Crippen LogP contribution >= 0.6 is 0 Å². The first-order valence-corrected chi connectivity index (χ1v) is 14.2. The predicted molar refractivity (Wildman–Crippen MR) is 129 cm³/mol. The summed E-state index contributed by atoms with van der Waals surface area (Å²) in [6.07, 6.45) is 33.9. The Morgan fingerprint density at radius 1 is 0.517 bits per heavy atom. The number of unbranched alkanes of at least 4 members (excludes halogenated alkanes) is 7. The molecule has 0 nitrogen and oxygen atoms in total. The van der Waals surface area contributed by atoms with Gasteiger partial charge in [-0.15, -0.1) is 0 Å². The van der Waals surface area contributed by atoms with Crippen LogP contribution in [0, 0.1) is 29.1 Å². The van der Waals surface area contributed by atoms with Gasteiger partial charge >= 0.3 is 0 Å². The largest absolute Gasteiger partial charge is 0.0628 e. The smallest absolute Gasteiger partial charge is 0.0213 e. The summed E-state index contributed by atoms with van der Waals surface area (Å²) in [5.41, 5.74) is 0.778. The van der Waals surface area contributed by atoms with Gasteiger partial charge in [0.15, 0.2) is 0 Å². The fourth-order valence-electron chi connectivity index (χ4n) is 8.05. The van der Waals surface area contributed by atoms with E-state index in [-0.39, 0.29) is 0 Å². The third-order valence-corrected chi connectivity index (χ3v) is 9.49. The Labute approximate surface area is 184 Å². The van der Waals surface area contributed by atoms with E-state index in [4.69, 9.17) is 0 Å². The summed E-state index contributed by atoms with van der Waals surface area (Å²) in [7, 11) is 0. The monoisotopic (exact) mass is 402 g/mol. The molecule has 0 aliphatic heterocycles. The topological polar surface area (TPSA) is 0 Å². The molecule has 3 rings (SSSR count). The van der Waals surface area contributed by atoms with Crippen molar-refractivity contribution in [3.63, 3.8) is 0 Å². The van der Waals surface area contributed by atoms with Gasteiger partial charge in [-0.2, -0.15) is 0 Å². The fourth-order valence-corrected chi connectivity index (χ4v) is 8.05. The molecule has 0 atom stereocenters. The molecule has 0 N–H and O–H groups in total. The van der Waals surface area contributed by atoms with Crippen molar-refractivity contribution in [3.05, 3.63) is 0 Å². The minimum atomic E-state index is 0.778. The summed E-state index contributed by atoms with van der Waals surface area (Å²) in [4.78, 5) is 0. The standard InChI is InChI=1S/C29H54/c1-25(2)17-9-7-5-3-4-6-8-16-24-29(26-18-10-11-19-26,27-20-12-13-21-27)28-22-14-15-23-28/h25-28H,3-24H2,1-2H3. The third kappa shape index (κ3) is 6.74. The molecule has 0 radical (unpaired) electrons. The van der Waals surface area contributed by atoms with Crippen LogP contribution in [-0.2, 0) is 0 Å². The Morgan fingerprint density at radius 2 is 0.862 bits per heavy atom. The highest BCUT2D eigenvalue weighted by Crippen LogP contribution is 2.60. The van der Waals surface area contributed by atoms with Gasteiger partial charge in [0.25, 0.3) is 0 Å². The van der Waals surface area contributed by atoms with Crippen molar-refractivity contribution in [2.75, 3.05) is 0 Å². The van der Waals surface area contributed by atoms with E-state index in [0.717, 1.165) is 29.1 Å². The second-order valence-corrected chi connectivity index (χ2v) is 11.8. The van der Waals surface area contributed by atoms with Crippen LogP contribution < -0.4 is 0 Å². The Balaban J connectivity index is 1.43. The Bertz CT molecular complexity index is 363. The van der Waals surface area contributed by atoms with Crippen molar-refractivity contribution in [2.45, 2.75) is 155 Å². The van der Waals surface area contributed by atoms with Gasteiger partial charge in [-0.1, -0.05) is 110 Å². The molecular formula is C29H54. The summed E-state index contributed by atoms with van der Waals surface area (Å²) >= 11 is 0. The van der Waals surface area contributed by atoms with Crippen LogP contribution in [0.5, 0.6) is 0 Å². The first-order valence-electron chi connectivity index (χ1n) is 14.2. The molecular weight excluding hydrogens is 348 g/mol. The molecule has 0 saturated heterocycles. The molecule has 0 bridgehead atoms. The van der Waals surface area contributed by atoms with Gasteiger partial charge in [0, 0.05) is 0 Å². The summed E-state index contributed by atoms with van der Waals surface area (Å²) in [6.45, 7) is 4.73. The molecule has 0 spiro atoms. The van der Waals surface area contributed by atoms with E-state index in [1.54, 1.807) is 89.9 Å². The summed E-state index contributed by atoms with van der Waals surface area (Å²) in [5.74, 6) is 4.22. The summed E-state index contributed by atoms with van der Waals surface area (Å²) in [5, 5.41) is 0. The predicted octanol–water partition coefficient (Wildman–Crippen LogP) is 10.1. The molecule has 170 valence electrons. The fraction of sp³-hybridized carbons (Fsp3) is 1.00. The highest BCUT2D eigenvalue weighted by Gasteiger charge is 2.51. The van der Waals surface area contributed by atoms with E-state index in [2.05, 4.69) is 13.8 Å². The van der Waals surface area contributed by atoms with Crippen LogP contribution in [0.15, 0.2) is 0 Å². The lowest BCUT2D eigenvalue weighted by molar-refractivity contribution is -0.00658. The Morgan fingerprint density at radius 3 is 1.24 bits per heavy atom. The van der Waals surface area contributed by atoms with Crippen molar-refractivity contribution >= 4 is 0 Å². The molecule has 3 aliphatic rings. The van der Waals surface area contributed by atoms with Crippen molar-refractivity contribution in [1.29, 1.82) is 0 Å². The van der Waals surface area contributed by atoms with Gasteiger partial charge in [-0.3, -0.25) is 0 Å². The minimum Gasteiger partial charge on any atom is -0.0628 e. The van der Waals surface area contributed by atoms with E-state index >= 15 is 0 Å². The van der Waals surface area contributed by atoms with Crippen LogP contribution in [0.3, 0.4) is 0 Å². The number of hydrogen-bond donors (Lipinski definition) is 0. The first-order chi connectivity index (χ1) is 14.2. The lowest BCUT2D eigenvalue weighted by atomic mass is 9.55. The molecule has 3 fully saturated rings. The number of hydrogen-bond acceptors (Lipinski definition) is 0. The van der Waals surface area contributed by atoms with Crippen molar-refractivity contribution in [3.8, 4) is 0 Å². The van der Waals surface area contributed by atoms with Gasteiger partial charge in [0.1, 0.15) is 0 Å². The molecule has 0 amide bonds. The van der Waals surface area contributed by atoms with Crippen molar-refractivity contribution in [2.24, 2.45) is 29.1 Å². The Hall–Kier alpha value is 0. The summed E-state index contributed by atoms with van der Waals surface area (Å²) < 4.78 is 0. The average Bonchev–Trinajstić information content (AvgIpc) is 3.50. The molecule has 3 saturated carbocycles. The molecule has 3 aliphatic carbocycles. The molecule has 0 heterocycles. The lowest BCUT2D eigenvalue weighted by Crippen LogP contribution is -2.42. The molecule has 0 aromatic rings. The molecule has 29 heavy (non-hydrogen) atoms. The maximum Gasteiger partial charge on any atom is -0.0213 e.